The molecule has 1 aliphatic heterocycles. The van der Waals surface area contributed by atoms with Crippen LogP contribution in [0.5, 0.6) is 0 Å². The van der Waals surface area contributed by atoms with E-state index in [1.54, 1.807) is 24.0 Å². The van der Waals surface area contributed by atoms with Gasteiger partial charge >= 0.3 is 5.97 Å². The number of carboxylic acids is 1. The molecule has 0 fully saturated rings. The van der Waals surface area contributed by atoms with Gasteiger partial charge in [0.2, 0.25) is 5.95 Å². The Kier molecular flexibility index (Phi) is 7.35. The smallest absolute Gasteiger partial charge is 0.335 e. The van der Waals surface area contributed by atoms with Crippen LogP contribution in [0.25, 0.3) is 5.65 Å². The van der Waals surface area contributed by atoms with Crippen molar-refractivity contribution in [1.29, 1.82) is 0 Å². The van der Waals surface area contributed by atoms with E-state index in [9.17, 15) is 29.1 Å². The number of carboxylic acid groups (broad SMARTS) is 1. The average Bonchev–Trinajstić information content (AvgIpc) is 3.33. The van der Waals surface area contributed by atoms with E-state index in [-0.39, 0.29) is 58.8 Å². The number of carbonyl (C=O) groups is 3. The number of nitrogen functional groups attached to an aromatic ring is 3. The summed E-state index contributed by atoms with van der Waals surface area (Å²) in [6.07, 6.45) is 0.665. The van der Waals surface area contributed by atoms with Crippen molar-refractivity contribution in [3.63, 3.8) is 0 Å². The molecular formula is C31H29N9O6. The third kappa shape index (κ3) is 5.23. The van der Waals surface area contributed by atoms with E-state index in [0.29, 0.717) is 30.6 Å². The fraction of sp³-hybridized carbons (Fsp3) is 0.194. The number of nitrogens with zero attached hydrogens (tertiary/aromatic N) is 4. The molecule has 0 atom stereocenters. The molecule has 1 aliphatic rings. The van der Waals surface area contributed by atoms with Crippen molar-refractivity contribution in [3.05, 3.63) is 108 Å². The SMILES string of the molecule is Cc1cc(CNC(=O)c2cc(C(=O)NCc3ccc4c(c3)CN(c3c(N)c(=O)c3=O)CC4)nc3c(N)nc(N)n23)ccc1C(=O)O. The lowest BCUT2D eigenvalue weighted by Crippen LogP contribution is -2.44. The highest BCUT2D eigenvalue weighted by atomic mass is 16.4. The number of carbonyl (C=O) groups excluding carboxylic acids is 2. The molecule has 2 aromatic heterocycles. The first-order valence-corrected chi connectivity index (χ1v) is 14.2. The summed E-state index contributed by atoms with van der Waals surface area (Å²) in [4.78, 5) is 71.7. The van der Waals surface area contributed by atoms with E-state index in [1.165, 1.54) is 16.5 Å². The number of fused-ring (bicyclic) bond motifs is 2. The third-order valence-electron chi connectivity index (χ3n) is 8.06. The Morgan fingerprint density at radius 3 is 2.28 bits per heavy atom. The number of aromatic carboxylic acids is 1. The van der Waals surface area contributed by atoms with Crippen LogP contribution in [0, 0.1) is 6.92 Å². The predicted octanol–water partition coefficient (Wildman–Crippen LogP) is 0.501. The summed E-state index contributed by atoms with van der Waals surface area (Å²) >= 11 is 0. The third-order valence-corrected chi connectivity index (χ3v) is 8.06. The molecule has 0 bridgehead atoms. The number of benzene rings is 2. The summed E-state index contributed by atoms with van der Waals surface area (Å²) in [5.74, 6) is -2.37. The maximum Gasteiger partial charge on any atom is 0.335 e. The molecule has 0 radical (unpaired) electrons. The van der Waals surface area contributed by atoms with E-state index in [1.807, 2.05) is 18.2 Å². The van der Waals surface area contributed by atoms with Gasteiger partial charge < -0.3 is 37.8 Å². The van der Waals surface area contributed by atoms with E-state index < -0.39 is 28.6 Å². The van der Waals surface area contributed by atoms with Crippen LogP contribution in [0.2, 0.25) is 0 Å². The lowest BCUT2D eigenvalue weighted by Gasteiger charge is -2.32. The number of nitrogens with one attached hydrogen (secondary N) is 2. The summed E-state index contributed by atoms with van der Waals surface area (Å²) in [6.45, 7) is 2.81. The Balaban J connectivity index is 1.19. The molecular weight excluding hydrogens is 594 g/mol. The number of imidazole rings is 1. The van der Waals surface area contributed by atoms with Crippen LogP contribution >= 0.6 is 0 Å². The van der Waals surface area contributed by atoms with Gasteiger partial charge in [0.15, 0.2) is 11.5 Å². The zero-order valence-corrected chi connectivity index (χ0v) is 24.6. The molecule has 6 rings (SSSR count). The largest absolute Gasteiger partial charge is 0.478 e. The van der Waals surface area contributed by atoms with Crippen molar-refractivity contribution >= 4 is 46.6 Å². The first kappa shape index (κ1) is 29.8. The standard InChI is InChI=1S/C31H29N9O6/c1-14-8-15(3-5-19(14)30(45)46)11-36-29(44)21-10-20(37-27-26(33)38-31(34)40(21)27)28(43)35-12-16-2-4-17-6-7-39(13-18(17)9-16)23-22(32)24(41)25(23)42/h2-5,8-10H,6-7,11-13,32-33H2,1H3,(H2,34,38)(H,35,43)(H,36,44)(H,45,46). The summed E-state index contributed by atoms with van der Waals surface area (Å²) < 4.78 is 1.25. The number of hydrogen-bond acceptors (Lipinski definition) is 11. The van der Waals surface area contributed by atoms with Crippen LogP contribution < -0.4 is 43.6 Å². The van der Waals surface area contributed by atoms with Crippen LogP contribution in [0.15, 0.2) is 52.1 Å². The number of amides is 2. The van der Waals surface area contributed by atoms with Gasteiger partial charge in [0.05, 0.1) is 5.56 Å². The number of hydrogen-bond donors (Lipinski definition) is 6. The fourth-order valence-corrected chi connectivity index (χ4v) is 5.66. The van der Waals surface area contributed by atoms with Crippen molar-refractivity contribution in [3.8, 4) is 0 Å². The fourth-order valence-electron chi connectivity index (χ4n) is 5.66. The molecule has 0 spiro atoms. The van der Waals surface area contributed by atoms with Gasteiger partial charge in [0.25, 0.3) is 22.7 Å². The van der Waals surface area contributed by atoms with Gasteiger partial charge in [-0.25, -0.2) is 9.78 Å². The van der Waals surface area contributed by atoms with Gasteiger partial charge in [0, 0.05) is 26.2 Å². The molecule has 46 heavy (non-hydrogen) atoms. The molecule has 0 unspecified atom stereocenters. The molecule has 5 aromatic rings. The summed E-state index contributed by atoms with van der Waals surface area (Å²) in [6, 6.07) is 11.8. The normalized spacial score (nSPS) is 12.7. The second-order valence-corrected chi connectivity index (χ2v) is 11.1. The van der Waals surface area contributed by atoms with Crippen molar-refractivity contribution in [2.75, 3.05) is 28.6 Å². The molecule has 15 heteroatoms. The highest BCUT2D eigenvalue weighted by Gasteiger charge is 2.27. The molecule has 3 aromatic carbocycles. The van der Waals surface area contributed by atoms with E-state index in [2.05, 4.69) is 20.6 Å². The highest BCUT2D eigenvalue weighted by molar-refractivity contribution is 5.99. The summed E-state index contributed by atoms with van der Waals surface area (Å²) in [5, 5.41) is 14.8. The molecule has 0 aliphatic carbocycles. The summed E-state index contributed by atoms with van der Waals surface area (Å²) in [7, 11) is 0. The molecule has 2 amide bonds. The minimum atomic E-state index is -1.05. The Labute approximate surface area is 260 Å². The Morgan fingerprint density at radius 1 is 0.891 bits per heavy atom. The minimum Gasteiger partial charge on any atom is -0.478 e. The molecule has 9 N–H and O–H groups in total. The van der Waals surface area contributed by atoms with Crippen molar-refractivity contribution in [1.82, 2.24) is 25.0 Å². The monoisotopic (exact) mass is 623 g/mol. The number of rotatable bonds is 8. The van der Waals surface area contributed by atoms with Gasteiger partial charge in [-0.2, -0.15) is 4.98 Å². The first-order valence-electron chi connectivity index (χ1n) is 14.2. The van der Waals surface area contributed by atoms with Gasteiger partial charge in [0.1, 0.15) is 22.8 Å². The zero-order chi connectivity index (χ0) is 32.9. The molecule has 0 saturated heterocycles. The maximum absolute atomic E-state index is 13.3. The number of nitrogens with two attached hydrogens (primary N) is 3. The predicted molar refractivity (Wildman–Crippen MR) is 169 cm³/mol. The van der Waals surface area contributed by atoms with Crippen molar-refractivity contribution in [2.45, 2.75) is 33.0 Å². The van der Waals surface area contributed by atoms with Gasteiger partial charge in [-0.05, 0) is 53.3 Å². The number of anilines is 4. The quantitative estimate of drug-likeness (QED) is 0.130. The Hall–Kier alpha value is -6.25. The molecule has 234 valence electrons. The minimum absolute atomic E-state index is 0.0144. The van der Waals surface area contributed by atoms with E-state index >= 15 is 0 Å². The van der Waals surface area contributed by atoms with E-state index in [0.717, 1.165) is 16.7 Å². The number of aromatic nitrogens is 3. The Bertz CT molecular complexity index is 2160. The average molecular weight is 624 g/mol. The zero-order valence-electron chi connectivity index (χ0n) is 24.6. The molecule has 3 heterocycles. The van der Waals surface area contributed by atoms with Crippen LogP contribution in [-0.2, 0) is 26.1 Å². The van der Waals surface area contributed by atoms with Crippen molar-refractivity contribution in [2.24, 2.45) is 0 Å². The Morgan fingerprint density at radius 2 is 1.59 bits per heavy atom. The van der Waals surface area contributed by atoms with Gasteiger partial charge in [-0.15, -0.1) is 0 Å². The second-order valence-electron chi connectivity index (χ2n) is 11.1. The lowest BCUT2D eigenvalue weighted by molar-refractivity contribution is 0.0695. The van der Waals surface area contributed by atoms with Crippen molar-refractivity contribution < 1.29 is 19.5 Å². The summed E-state index contributed by atoms with van der Waals surface area (Å²) in [5.41, 5.74) is 20.9. The second kappa shape index (κ2) is 11.4. The lowest BCUT2D eigenvalue weighted by atomic mass is 9.96. The van der Waals surface area contributed by atoms with Crippen LogP contribution in [0.3, 0.4) is 0 Å². The van der Waals surface area contributed by atoms with Gasteiger partial charge in [-0.3, -0.25) is 23.6 Å². The topological polar surface area (TPSA) is 241 Å². The molecule has 0 saturated carbocycles. The first-order chi connectivity index (χ1) is 21.9. The van der Waals surface area contributed by atoms with E-state index in [4.69, 9.17) is 17.2 Å². The highest BCUT2D eigenvalue weighted by Crippen LogP contribution is 2.27. The van der Waals surface area contributed by atoms with Crippen LogP contribution in [0.1, 0.15) is 59.2 Å². The maximum atomic E-state index is 13.3. The van der Waals surface area contributed by atoms with Crippen LogP contribution in [-0.4, -0.2) is 43.8 Å². The number of aryl methyl sites for hydroxylation is 1. The van der Waals surface area contributed by atoms with Gasteiger partial charge in [-0.1, -0.05) is 30.3 Å². The van der Waals surface area contributed by atoms with Crippen LogP contribution in [0.4, 0.5) is 23.1 Å². The molecule has 15 nitrogen and oxygen atoms in total.